The van der Waals surface area contributed by atoms with E-state index in [0.717, 1.165) is 11.0 Å². The maximum atomic E-state index is 12.7. The fraction of sp³-hybridized carbons (Fsp3) is 0.267. The SMILES string of the molecule is CCCn1c(=O)n(Cc2ccc(Cl)cc2Cl)c(=O)c2[nH]cnc21. The third-order valence-corrected chi connectivity index (χ3v) is 4.17. The van der Waals surface area contributed by atoms with E-state index in [2.05, 4.69) is 9.97 Å². The van der Waals surface area contributed by atoms with Gasteiger partial charge in [-0.05, 0) is 24.1 Å². The number of hydrogen-bond donors (Lipinski definition) is 1. The van der Waals surface area contributed by atoms with E-state index in [4.69, 9.17) is 23.2 Å². The number of rotatable bonds is 4. The van der Waals surface area contributed by atoms with E-state index < -0.39 is 11.2 Å². The zero-order valence-corrected chi connectivity index (χ0v) is 13.9. The smallest absolute Gasteiger partial charge is 0.333 e. The van der Waals surface area contributed by atoms with Gasteiger partial charge >= 0.3 is 5.69 Å². The summed E-state index contributed by atoms with van der Waals surface area (Å²) < 4.78 is 2.66. The van der Waals surface area contributed by atoms with Gasteiger partial charge in [-0.1, -0.05) is 36.2 Å². The minimum Gasteiger partial charge on any atom is -0.339 e. The topological polar surface area (TPSA) is 72.7 Å². The number of aromatic nitrogens is 4. The number of aromatic amines is 1. The first-order valence-electron chi connectivity index (χ1n) is 7.13. The lowest BCUT2D eigenvalue weighted by atomic mass is 10.2. The normalized spacial score (nSPS) is 11.3. The molecule has 120 valence electrons. The largest absolute Gasteiger partial charge is 0.339 e. The van der Waals surface area contributed by atoms with Gasteiger partial charge in [0.1, 0.15) is 5.52 Å². The highest BCUT2D eigenvalue weighted by Crippen LogP contribution is 2.21. The lowest BCUT2D eigenvalue weighted by molar-refractivity contribution is 0.590. The first kappa shape index (κ1) is 15.8. The molecule has 2 aromatic heterocycles. The summed E-state index contributed by atoms with van der Waals surface area (Å²) in [5.41, 5.74) is 0.518. The standard InChI is InChI=1S/C15H14Cl2N4O2/c1-2-5-20-13-12(18-8-19-13)14(22)21(15(20)23)7-9-3-4-10(16)6-11(9)17/h3-4,6,8H,2,5,7H2,1H3,(H,18,19). The fourth-order valence-electron chi connectivity index (χ4n) is 2.49. The third kappa shape index (κ3) is 2.80. The molecule has 0 radical (unpaired) electrons. The molecule has 0 aliphatic heterocycles. The molecule has 3 rings (SSSR count). The molecular weight excluding hydrogens is 339 g/mol. The molecule has 0 spiro atoms. The van der Waals surface area contributed by atoms with Crippen LogP contribution in [-0.2, 0) is 13.1 Å². The minimum atomic E-state index is -0.416. The van der Waals surface area contributed by atoms with Crippen molar-refractivity contribution in [3.05, 3.63) is 61.0 Å². The van der Waals surface area contributed by atoms with Gasteiger partial charge in [-0.25, -0.2) is 9.78 Å². The van der Waals surface area contributed by atoms with Gasteiger partial charge in [0.15, 0.2) is 5.65 Å². The summed E-state index contributed by atoms with van der Waals surface area (Å²) in [6, 6.07) is 4.97. The zero-order valence-electron chi connectivity index (χ0n) is 12.3. The van der Waals surface area contributed by atoms with Crippen LogP contribution in [0.4, 0.5) is 0 Å². The third-order valence-electron chi connectivity index (χ3n) is 3.59. The summed E-state index contributed by atoms with van der Waals surface area (Å²) >= 11 is 12.0. The molecule has 0 bridgehead atoms. The molecule has 2 heterocycles. The molecule has 8 heteroatoms. The number of nitrogens with zero attached hydrogens (tertiary/aromatic N) is 3. The second-order valence-electron chi connectivity index (χ2n) is 5.16. The highest BCUT2D eigenvalue weighted by atomic mass is 35.5. The lowest BCUT2D eigenvalue weighted by Crippen LogP contribution is -2.40. The van der Waals surface area contributed by atoms with Crippen molar-refractivity contribution in [2.45, 2.75) is 26.4 Å². The second kappa shape index (κ2) is 6.22. The van der Waals surface area contributed by atoms with Crippen LogP contribution < -0.4 is 11.2 Å². The Labute approximate surface area is 141 Å². The van der Waals surface area contributed by atoms with Crippen molar-refractivity contribution < 1.29 is 0 Å². The van der Waals surface area contributed by atoms with Crippen LogP contribution in [0.1, 0.15) is 18.9 Å². The first-order valence-corrected chi connectivity index (χ1v) is 7.89. The molecule has 0 atom stereocenters. The predicted octanol–water partition coefficient (Wildman–Crippen LogP) is 2.65. The van der Waals surface area contributed by atoms with Crippen molar-refractivity contribution >= 4 is 34.4 Å². The van der Waals surface area contributed by atoms with Crippen LogP contribution in [0.15, 0.2) is 34.1 Å². The average molecular weight is 353 g/mol. The van der Waals surface area contributed by atoms with Gasteiger partial charge < -0.3 is 4.98 Å². The van der Waals surface area contributed by atoms with Crippen molar-refractivity contribution in [1.29, 1.82) is 0 Å². The molecular formula is C15H14Cl2N4O2. The van der Waals surface area contributed by atoms with Crippen LogP contribution in [0.5, 0.6) is 0 Å². The highest BCUT2D eigenvalue weighted by molar-refractivity contribution is 6.35. The van der Waals surface area contributed by atoms with E-state index in [1.807, 2.05) is 6.92 Å². The Balaban J connectivity index is 2.21. The van der Waals surface area contributed by atoms with Gasteiger partial charge in [0.2, 0.25) is 0 Å². The number of aryl methyl sites for hydroxylation is 1. The summed E-state index contributed by atoms with van der Waals surface area (Å²) in [6.07, 6.45) is 2.17. The van der Waals surface area contributed by atoms with Crippen LogP contribution in [0.2, 0.25) is 10.0 Å². The quantitative estimate of drug-likeness (QED) is 0.784. The minimum absolute atomic E-state index is 0.0757. The molecule has 0 saturated carbocycles. The molecule has 0 aliphatic rings. The molecule has 0 saturated heterocycles. The van der Waals surface area contributed by atoms with Gasteiger partial charge in [-0.2, -0.15) is 0 Å². The Morgan fingerprint density at radius 2 is 2.00 bits per heavy atom. The van der Waals surface area contributed by atoms with Gasteiger partial charge in [-0.3, -0.25) is 13.9 Å². The summed E-state index contributed by atoms with van der Waals surface area (Å²) in [4.78, 5) is 32.1. The Bertz CT molecular complexity index is 987. The Hall–Kier alpha value is -2.05. The Kier molecular flexibility index (Phi) is 4.28. The van der Waals surface area contributed by atoms with E-state index in [0.29, 0.717) is 33.3 Å². The molecule has 0 fully saturated rings. The van der Waals surface area contributed by atoms with Crippen molar-refractivity contribution in [2.75, 3.05) is 0 Å². The van der Waals surface area contributed by atoms with Crippen LogP contribution >= 0.6 is 23.2 Å². The lowest BCUT2D eigenvalue weighted by Gasteiger charge is -2.11. The summed E-state index contributed by atoms with van der Waals surface area (Å²) in [5.74, 6) is 0. The fourth-order valence-corrected chi connectivity index (χ4v) is 2.96. The summed E-state index contributed by atoms with van der Waals surface area (Å²) in [6.45, 7) is 2.51. The number of fused-ring (bicyclic) bond motifs is 1. The average Bonchev–Trinajstić information content (AvgIpc) is 2.99. The highest BCUT2D eigenvalue weighted by Gasteiger charge is 2.15. The number of hydrogen-bond acceptors (Lipinski definition) is 3. The number of imidazole rings is 1. The molecule has 0 amide bonds. The van der Waals surface area contributed by atoms with Gasteiger partial charge in [0, 0.05) is 16.6 Å². The van der Waals surface area contributed by atoms with Crippen molar-refractivity contribution in [3.8, 4) is 0 Å². The summed E-state index contributed by atoms with van der Waals surface area (Å²) in [7, 11) is 0. The molecule has 0 aliphatic carbocycles. The Morgan fingerprint density at radius 1 is 1.22 bits per heavy atom. The van der Waals surface area contributed by atoms with E-state index in [1.165, 1.54) is 10.9 Å². The van der Waals surface area contributed by atoms with E-state index in [-0.39, 0.29) is 6.54 Å². The monoisotopic (exact) mass is 352 g/mol. The second-order valence-corrected chi connectivity index (χ2v) is 6.01. The molecule has 1 N–H and O–H groups in total. The van der Waals surface area contributed by atoms with Gasteiger partial charge in [0.05, 0.1) is 12.9 Å². The maximum Gasteiger partial charge on any atom is 0.333 e. The molecule has 23 heavy (non-hydrogen) atoms. The zero-order chi connectivity index (χ0) is 16.6. The van der Waals surface area contributed by atoms with E-state index in [1.54, 1.807) is 18.2 Å². The first-order chi connectivity index (χ1) is 11.0. The number of H-pyrrole nitrogens is 1. The van der Waals surface area contributed by atoms with Gasteiger partial charge in [0.25, 0.3) is 5.56 Å². The number of nitrogens with one attached hydrogen (secondary N) is 1. The predicted molar refractivity (Wildman–Crippen MR) is 90.5 cm³/mol. The molecule has 0 unspecified atom stereocenters. The van der Waals surface area contributed by atoms with Crippen LogP contribution in [0.3, 0.4) is 0 Å². The van der Waals surface area contributed by atoms with Crippen LogP contribution in [0, 0.1) is 0 Å². The van der Waals surface area contributed by atoms with E-state index in [9.17, 15) is 9.59 Å². The number of benzene rings is 1. The Morgan fingerprint density at radius 3 is 2.70 bits per heavy atom. The van der Waals surface area contributed by atoms with Crippen LogP contribution in [0.25, 0.3) is 11.2 Å². The van der Waals surface area contributed by atoms with Crippen molar-refractivity contribution in [3.63, 3.8) is 0 Å². The van der Waals surface area contributed by atoms with Crippen molar-refractivity contribution in [1.82, 2.24) is 19.1 Å². The molecule has 6 nitrogen and oxygen atoms in total. The van der Waals surface area contributed by atoms with E-state index >= 15 is 0 Å². The molecule has 1 aromatic carbocycles. The van der Waals surface area contributed by atoms with Crippen molar-refractivity contribution in [2.24, 2.45) is 0 Å². The van der Waals surface area contributed by atoms with Crippen LogP contribution in [-0.4, -0.2) is 19.1 Å². The number of halogens is 2. The van der Waals surface area contributed by atoms with Gasteiger partial charge in [-0.15, -0.1) is 0 Å². The maximum absolute atomic E-state index is 12.7. The molecule has 3 aromatic rings. The summed E-state index contributed by atoms with van der Waals surface area (Å²) in [5, 5.41) is 0.911.